The lowest BCUT2D eigenvalue weighted by Crippen LogP contribution is -2.19. The number of rotatable bonds is 3. The van der Waals surface area contributed by atoms with Crippen LogP contribution >= 0.6 is 0 Å². The van der Waals surface area contributed by atoms with Gasteiger partial charge in [0.15, 0.2) is 11.5 Å². The minimum Gasteiger partial charge on any atom is -0.493 e. The number of nitrogens with two attached hydrogens (primary N) is 1. The Balaban J connectivity index is 3.18. The van der Waals surface area contributed by atoms with E-state index in [1.807, 2.05) is 0 Å². The van der Waals surface area contributed by atoms with Crippen molar-refractivity contribution in [3.8, 4) is 11.5 Å². The van der Waals surface area contributed by atoms with Crippen molar-refractivity contribution in [2.24, 2.45) is 5.14 Å². The first-order valence-corrected chi connectivity index (χ1v) is 5.27. The van der Waals surface area contributed by atoms with E-state index in [0.29, 0.717) is 11.3 Å². The van der Waals surface area contributed by atoms with Crippen LogP contribution in [0.3, 0.4) is 0 Å². The first kappa shape index (κ1) is 10.8. The molecule has 0 aliphatic carbocycles. The Labute approximate surface area is 82.7 Å². The second-order valence-corrected chi connectivity index (χ2v) is 3.83. The maximum atomic E-state index is 10.7. The van der Waals surface area contributed by atoms with Crippen molar-refractivity contribution in [1.29, 1.82) is 0 Å². The van der Waals surface area contributed by atoms with Crippen molar-refractivity contribution >= 4 is 10.3 Å². The quantitative estimate of drug-likeness (QED) is 0.803. The normalized spacial score (nSPS) is 11.1. The number of aryl methyl sites for hydroxylation is 1. The third-order valence-corrected chi connectivity index (χ3v) is 1.99. The average molecular weight is 217 g/mol. The lowest BCUT2D eigenvalue weighted by molar-refractivity contribution is 0.389. The van der Waals surface area contributed by atoms with E-state index >= 15 is 0 Å². The molecule has 0 aromatic heterocycles. The fraction of sp³-hybridized carbons (Fsp3) is 0.250. The summed E-state index contributed by atoms with van der Waals surface area (Å²) in [6.07, 6.45) is 0. The van der Waals surface area contributed by atoms with Gasteiger partial charge >= 0.3 is 10.3 Å². The van der Waals surface area contributed by atoms with Gasteiger partial charge in [-0.1, -0.05) is 12.1 Å². The second-order valence-electron chi connectivity index (χ2n) is 2.68. The third kappa shape index (κ3) is 2.61. The van der Waals surface area contributed by atoms with Crippen molar-refractivity contribution in [2.75, 3.05) is 7.11 Å². The van der Waals surface area contributed by atoms with E-state index in [0.717, 1.165) is 0 Å². The Morgan fingerprint density at radius 2 is 2.00 bits per heavy atom. The summed E-state index contributed by atoms with van der Waals surface area (Å²) in [5, 5.41) is 4.75. The Bertz CT molecular complexity index is 427. The third-order valence-electron chi connectivity index (χ3n) is 1.60. The van der Waals surface area contributed by atoms with Crippen LogP contribution in [0.1, 0.15) is 5.56 Å². The van der Waals surface area contributed by atoms with Crippen LogP contribution < -0.4 is 14.1 Å². The van der Waals surface area contributed by atoms with E-state index < -0.39 is 10.3 Å². The summed E-state index contributed by atoms with van der Waals surface area (Å²) >= 11 is 0. The van der Waals surface area contributed by atoms with Gasteiger partial charge in [0.2, 0.25) is 0 Å². The van der Waals surface area contributed by atoms with Gasteiger partial charge in [-0.25, -0.2) is 0 Å². The van der Waals surface area contributed by atoms with Crippen LogP contribution in [0.15, 0.2) is 18.2 Å². The van der Waals surface area contributed by atoms with Crippen LogP contribution in [0.5, 0.6) is 11.5 Å². The molecule has 0 heterocycles. The van der Waals surface area contributed by atoms with Crippen molar-refractivity contribution in [2.45, 2.75) is 6.92 Å². The molecule has 1 rings (SSSR count). The van der Waals surface area contributed by atoms with Gasteiger partial charge in [0.25, 0.3) is 0 Å². The highest BCUT2D eigenvalue weighted by molar-refractivity contribution is 7.84. The monoisotopic (exact) mass is 217 g/mol. The van der Waals surface area contributed by atoms with Crippen molar-refractivity contribution in [3.63, 3.8) is 0 Å². The fourth-order valence-corrected chi connectivity index (χ4v) is 1.46. The Hall–Kier alpha value is -1.27. The summed E-state index contributed by atoms with van der Waals surface area (Å²) in [5.74, 6) is 0.455. The summed E-state index contributed by atoms with van der Waals surface area (Å²) < 4.78 is 30.9. The van der Waals surface area contributed by atoms with Gasteiger partial charge in [-0.3, -0.25) is 0 Å². The summed E-state index contributed by atoms with van der Waals surface area (Å²) in [4.78, 5) is 0. The van der Waals surface area contributed by atoms with Crippen LogP contribution in [-0.4, -0.2) is 15.5 Å². The van der Waals surface area contributed by atoms with E-state index in [4.69, 9.17) is 9.88 Å². The highest BCUT2D eigenvalue weighted by Gasteiger charge is 2.13. The number of ether oxygens (including phenoxy) is 1. The molecule has 0 spiro atoms. The number of hydrogen-bond acceptors (Lipinski definition) is 4. The molecule has 0 aliphatic rings. The average Bonchev–Trinajstić information content (AvgIpc) is 2.06. The van der Waals surface area contributed by atoms with Gasteiger partial charge in [-0.2, -0.15) is 13.6 Å². The summed E-state index contributed by atoms with van der Waals surface area (Å²) in [7, 11) is -2.59. The standard InChI is InChI=1S/C8H11NO4S/c1-6-4-3-5-7(12-2)8(6)13-14(9,10)11/h3-5H,1-2H3,(H2,9,10,11). The molecule has 14 heavy (non-hydrogen) atoms. The van der Waals surface area contributed by atoms with Crippen LogP contribution in [0, 0.1) is 6.92 Å². The Kier molecular flexibility index (Phi) is 2.97. The molecule has 0 radical (unpaired) electrons. The highest BCUT2D eigenvalue weighted by Crippen LogP contribution is 2.30. The largest absolute Gasteiger partial charge is 0.493 e. The second kappa shape index (κ2) is 3.85. The molecule has 0 unspecified atom stereocenters. The summed E-state index contributed by atoms with van der Waals surface area (Å²) in [6, 6.07) is 5.01. The molecule has 0 atom stereocenters. The van der Waals surface area contributed by atoms with Gasteiger partial charge in [-0.05, 0) is 18.6 Å². The topological polar surface area (TPSA) is 78.6 Å². The van der Waals surface area contributed by atoms with Crippen LogP contribution in [0.4, 0.5) is 0 Å². The first-order valence-electron chi connectivity index (χ1n) is 3.80. The van der Waals surface area contributed by atoms with E-state index in [9.17, 15) is 8.42 Å². The molecule has 0 saturated heterocycles. The molecular weight excluding hydrogens is 206 g/mol. The van der Waals surface area contributed by atoms with Gasteiger partial charge in [0, 0.05) is 0 Å². The molecule has 0 amide bonds. The van der Waals surface area contributed by atoms with Crippen LogP contribution in [0.25, 0.3) is 0 Å². The predicted molar refractivity (Wildman–Crippen MR) is 51.5 cm³/mol. The number of methoxy groups -OCH3 is 1. The Morgan fingerprint density at radius 1 is 1.36 bits per heavy atom. The molecule has 5 nitrogen and oxygen atoms in total. The van der Waals surface area contributed by atoms with Gasteiger partial charge in [0.1, 0.15) is 0 Å². The zero-order valence-corrected chi connectivity index (χ0v) is 8.67. The number of hydrogen-bond donors (Lipinski definition) is 1. The lowest BCUT2D eigenvalue weighted by Gasteiger charge is -2.10. The van der Waals surface area contributed by atoms with Gasteiger partial charge in [-0.15, -0.1) is 0 Å². The van der Waals surface area contributed by atoms with Gasteiger partial charge in [0.05, 0.1) is 7.11 Å². The first-order chi connectivity index (χ1) is 6.44. The maximum Gasteiger partial charge on any atom is 0.380 e. The zero-order valence-electron chi connectivity index (χ0n) is 7.85. The maximum absolute atomic E-state index is 10.7. The molecule has 2 N–H and O–H groups in total. The molecule has 0 saturated carbocycles. The zero-order chi connectivity index (χ0) is 10.8. The minimum absolute atomic E-state index is 0.123. The molecule has 1 aromatic rings. The lowest BCUT2D eigenvalue weighted by atomic mass is 10.2. The van der Waals surface area contributed by atoms with Crippen molar-refractivity contribution in [1.82, 2.24) is 0 Å². The number of benzene rings is 1. The van der Waals surface area contributed by atoms with Gasteiger partial charge < -0.3 is 8.92 Å². The SMILES string of the molecule is COc1cccc(C)c1OS(N)(=O)=O. The minimum atomic E-state index is -4.01. The summed E-state index contributed by atoms with van der Waals surface area (Å²) in [5.41, 5.74) is 0.637. The highest BCUT2D eigenvalue weighted by atomic mass is 32.2. The predicted octanol–water partition coefficient (Wildman–Crippen LogP) is 0.586. The molecular formula is C8H11NO4S. The smallest absolute Gasteiger partial charge is 0.380 e. The van der Waals surface area contributed by atoms with Crippen molar-refractivity contribution < 1.29 is 17.3 Å². The van der Waals surface area contributed by atoms with E-state index in [-0.39, 0.29) is 5.75 Å². The van der Waals surface area contributed by atoms with Crippen molar-refractivity contribution in [3.05, 3.63) is 23.8 Å². The molecule has 0 aliphatic heterocycles. The molecule has 0 bridgehead atoms. The van der Waals surface area contributed by atoms with E-state index in [1.54, 1.807) is 25.1 Å². The summed E-state index contributed by atoms with van der Waals surface area (Å²) in [6.45, 7) is 1.70. The molecule has 0 fully saturated rings. The van der Waals surface area contributed by atoms with Crippen LogP contribution in [-0.2, 0) is 10.3 Å². The molecule has 6 heteroatoms. The number of para-hydroxylation sites is 1. The molecule has 78 valence electrons. The van der Waals surface area contributed by atoms with E-state index in [1.165, 1.54) is 7.11 Å². The Morgan fingerprint density at radius 3 is 2.50 bits per heavy atom. The van der Waals surface area contributed by atoms with Crippen LogP contribution in [0.2, 0.25) is 0 Å². The van der Waals surface area contributed by atoms with E-state index in [2.05, 4.69) is 4.18 Å². The fourth-order valence-electron chi connectivity index (χ4n) is 1.01. The molecule has 1 aromatic carbocycles.